The highest BCUT2D eigenvalue weighted by Gasteiger charge is 2.22. The van der Waals surface area contributed by atoms with E-state index in [0.29, 0.717) is 18.4 Å². The van der Waals surface area contributed by atoms with Crippen LogP contribution in [-0.2, 0) is 4.79 Å². The van der Waals surface area contributed by atoms with E-state index < -0.39 is 5.60 Å². The lowest BCUT2D eigenvalue weighted by Crippen LogP contribution is -2.45. The van der Waals surface area contributed by atoms with Gasteiger partial charge in [-0.05, 0) is 37.1 Å². The number of halogens is 1. The van der Waals surface area contributed by atoms with Crippen LogP contribution < -0.4 is 10.6 Å². The molecule has 0 aliphatic heterocycles. The van der Waals surface area contributed by atoms with Crippen molar-refractivity contribution in [1.29, 1.82) is 0 Å². The molecule has 0 saturated carbocycles. The van der Waals surface area contributed by atoms with Crippen molar-refractivity contribution < 1.29 is 14.7 Å². The van der Waals surface area contributed by atoms with Gasteiger partial charge in [0.1, 0.15) is 0 Å². The highest BCUT2D eigenvalue weighted by molar-refractivity contribution is 9.10. The topological polar surface area (TPSA) is 78.4 Å². The highest BCUT2D eigenvalue weighted by atomic mass is 79.9. The first kappa shape index (κ1) is 17.7. The maximum atomic E-state index is 11.8. The number of hydrogen-bond donors (Lipinski definition) is 3. The molecular weight excluding hydrogens is 336 g/mol. The number of carbonyl (C=O) groups excluding carboxylic acids is 2. The molecule has 1 aromatic rings. The van der Waals surface area contributed by atoms with Crippen LogP contribution in [0.15, 0.2) is 28.7 Å². The molecule has 0 aliphatic rings. The van der Waals surface area contributed by atoms with Gasteiger partial charge in [-0.15, -0.1) is 0 Å². The maximum Gasteiger partial charge on any atom is 0.251 e. The van der Waals surface area contributed by atoms with Crippen LogP contribution in [0.2, 0.25) is 0 Å². The molecule has 0 saturated heterocycles. The Balaban J connectivity index is 2.39. The molecule has 0 radical (unpaired) electrons. The zero-order chi connectivity index (χ0) is 15.9. The van der Waals surface area contributed by atoms with Crippen LogP contribution in [0.3, 0.4) is 0 Å². The van der Waals surface area contributed by atoms with E-state index in [9.17, 15) is 14.7 Å². The standard InChI is InChI=1S/C15H21BrN2O3/c1-3-15(21,4-2)10-18-13(19)9-17-14(20)11-5-7-12(16)8-6-11/h5-8,21H,3-4,9-10H2,1-2H3,(H,17,20)(H,18,19). The molecule has 0 spiro atoms. The lowest BCUT2D eigenvalue weighted by atomic mass is 9.98. The number of benzene rings is 1. The molecule has 0 bridgehead atoms. The van der Waals surface area contributed by atoms with E-state index in [-0.39, 0.29) is 24.9 Å². The first-order chi connectivity index (χ1) is 9.90. The zero-order valence-corrected chi connectivity index (χ0v) is 13.9. The number of carbonyl (C=O) groups is 2. The second kappa shape index (κ2) is 8.14. The third-order valence-electron chi connectivity index (χ3n) is 3.45. The van der Waals surface area contributed by atoms with E-state index >= 15 is 0 Å². The van der Waals surface area contributed by atoms with Gasteiger partial charge >= 0.3 is 0 Å². The van der Waals surface area contributed by atoms with Gasteiger partial charge in [0, 0.05) is 16.6 Å². The number of nitrogens with one attached hydrogen (secondary N) is 2. The summed E-state index contributed by atoms with van der Waals surface area (Å²) in [6.07, 6.45) is 1.13. The number of aliphatic hydroxyl groups is 1. The summed E-state index contributed by atoms with van der Waals surface area (Å²) in [5, 5.41) is 15.2. The van der Waals surface area contributed by atoms with Crippen molar-refractivity contribution in [1.82, 2.24) is 10.6 Å². The molecule has 21 heavy (non-hydrogen) atoms. The highest BCUT2D eigenvalue weighted by Crippen LogP contribution is 2.12. The molecule has 3 N–H and O–H groups in total. The molecule has 116 valence electrons. The van der Waals surface area contributed by atoms with E-state index in [2.05, 4.69) is 26.6 Å². The zero-order valence-electron chi connectivity index (χ0n) is 12.3. The maximum absolute atomic E-state index is 11.8. The van der Waals surface area contributed by atoms with Crippen LogP contribution in [0.25, 0.3) is 0 Å². The third kappa shape index (κ3) is 5.85. The minimum absolute atomic E-state index is 0.113. The van der Waals surface area contributed by atoms with E-state index in [4.69, 9.17) is 0 Å². The molecular formula is C15H21BrN2O3. The lowest BCUT2D eigenvalue weighted by molar-refractivity contribution is -0.121. The fourth-order valence-corrected chi connectivity index (χ4v) is 1.95. The van der Waals surface area contributed by atoms with Crippen LogP contribution in [0.1, 0.15) is 37.0 Å². The van der Waals surface area contributed by atoms with Crippen molar-refractivity contribution in [2.45, 2.75) is 32.3 Å². The summed E-state index contributed by atoms with van der Waals surface area (Å²) >= 11 is 3.29. The second-order valence-corrected chi connectivity index (χ2v) is 5.81. The summed E-state index contributed by atoms with van der Waals surface area (Å²) in [6, 6.07) is 6.86. The quantitative estimate of drug-likeness (QED) is 0.697. The average molecular weight is 357 g/mol. The Hall–Kier alpha value is -1.40. The lowest BCUT2D eigenvalue weighted by Gasteiger charge is -2.25. The van der Waals surface area contributed by atoms with Gasteiger partial charge in [0.15, 0.2) is 0 Å². The molecule has 0 atom stereocenters. The number of amides is 2. The molecule has 1 aromatic carbocycles. The van der Waals surface area contributed by atoms with Gasteiger partial charge in [0.2, 0.25) is 5.91 Å². The van der Waals surface area contributed by atoms with Crippen molar-refractivity contribution in [3.63, 3.8) is 0 Å². The van der Waals surface area contributed by atoms with Crippen LogP contribution in [0, 0.1) is 0 Å². The second-order valence-electron chi connectivity index (χ2n) is 4.90. The van der Waals surface area contributed by atoms with Gasteiger partial charge in [-0.2, -0.15) is 0 Å². The fourth-order valence-electron chi connectivity index (χ4n) is 1.69. The van der Waals surface area contributed by atoms with E-state index in [1.807, 2.05) is 13.8 Å². The normalized spacial score (nSPS) is 11.0. The Kier molecular flexibility index (Phi) is 6.84. The summed E-state index contributed by atoms with van der Waals surface area (Å²) in [6.45, 7) is 3.81. The first-order valence-electron chi connectivity index (χ1n) is 6.93. The molecule has 1 rings (SSSR count). The van der Waals surface area contributed by atoms with Crippen molar-refractivity contribution in [2.24, 2.45) is 0 Å². The summed E-state index contributed by atoms with van der Waals surface area (Å²) in [4.78, 5) is 23.5. The van der Waals surface area contributed by atoms with E-state index in [1.165, 1.54) is 0 Å². The van der Waals surface area contributed by atoms with Crippen molar-refractivity contribution >= 4 is 27.7 Å². The monoisotopic (exact) mass is 356 g/mol. The average Bonchev–Trinajstić information content (AvgIpc) is 2.51. The Labute approximate surface area is 133 Å². The van der Waals surface area contributed by atoms with Crippen LogP contribution in [-0.4, -0.2) is 35.6 Å². The van der Waals surface area contributed by atoms with Gasteiger partial charge in [0.05, 0.1) is 12.1 Å². The smallest absolute Gasteiger partial charge is 0.251 e. The van der Waals surface area contributed by atoms with Crippen LogP contribution in [0.5, 0.6) is 0 Å². The predicted octanol–water partition coefficient (Wildman–Crippen LogP) is 1.85. The van der Waals surface area contributed by atoms with Gasteiger partial charge in [-0.25, -0.2) is 0 Å². The van der Waals surface area contributed by atoms with E-state index in [0.717, 1.165) is 4.47 Å². The molecule has 5 nitrogen and oxygen atoms in total. The van der Waals surface area contributed by atoms with Crippen molar-refractivity contribution in [2.75, 3.05) is 13.1 Å². The van der Waals surface area contributed by atoms with Gasteiger partial charge in [0.25, 0.3) is 5.91 Å². The summed E-state index contributed by atoms with van der Waals surface area (Å²) in [5.41, 5.74) is -0.393. The van der Waals surface area contributed by atoms with Crippen molar-refractivity contribution in [3.05, 3.63) is 34.3 Å². The third-order valence-corrected chi connectivity index (χ3v) is 3.98. The Morgan fingerprint density at radius 2 is 1.71 bits per heavy atom. The largest absolute Gasteiger partial charge is 0.388 e. The Morgan fingerprint density at radius 1 is 1.14 bits per heavy atom. The fraction of sp³-hybridized carbons (Fsp3) is 0.467. The predicted molar refractivity (Wildman–Crippen MR) is 85.0 cm³/mol. The minimum atomic E-state index is -0.884. The van der Waals surface area contributed by atoms with E-state index in [1.54, 1.807) is 24.3 Å². The molecule has 0 fully saturated rings. The Morgan fingerprint density at radius 3 is 2.24 bits per heavy atom. The first-order valence-corrected chi connectivity index (χ1v) is 7.72. The molecule has 0 heterocycles. The van der Waals surface area contributed by atoms with Gasteiger partial charge in [-0.3, -0.25) is 9.59 Å². The molecule has 0 aromatic heterocycles. The molecule has 6 heteroatoms. The molecule has 2 amide bonds. The SMILES string of the molecule is CCC(O)(CC)CNC(=O)CNC(=O)c1ccc(Br)cc1. The van der Waals surface area contributed by atoms with Gasteiger partial charge < -0.3 is 15.7 Å². The minimum Gasteiger partial charge on any atom is -0.388 e. The number of rotatable bonds is 7. The van der Waals surface area contributed by atoms with Crippen molar-refractivity contribution in [3.8, 4) is 0 Å². The van der Waals surface area contributed by atoms with Crippen LogP contribution in [0.4, 0.5) is 0 Å². The summed E-state index contributed by atoms with van der Waals surface area (Å²) < 4.78 is 0.884. The van der Waals surface area contributed by atoms with Gasteiger partial charge in [-0.1, -0.05) is 29.8 Å². The Bertz CT molecular complexity index is 484. The molecule has 0 unspecified atom stereocenters. The summed E-state index contributed by atoms with van der Waals surface area (Å²) in [5.74, 6) is -0.625. The number of hydrogen-bond acceptors (Lipinski definition) is 3. The van der Waals surface area contributed by atoms with Crippen LogP contribution >= 0.6 is 15.9 Å². The molecule has 0 aliphatic carbocycles. The summed E-state index contributed by atoms with van der Waals surface area (Å²) in [7, 11) is 0.